The Kier molecular flexibility index (Phi) is 6.91. The van der Waals surface area contributed by atoms with Gasteiger partial charge in [0.05, 0.1) is 21.4 Å². The van der Waals surface area contributed by atoms with Crippen molar-refractivity contribution in [2.45, 2.75) is 19.5 Å². The van der Waals surface area contributed by atoms with Gasteiger partial charge in [-0.2, -0.15) is 13.2 Å². The molecular weight excluding hydrogens is 417 g/mol. The van der Waals surface area contributed by atoms with Crippen LogP contribution < -0.4 is 10.1 Å². The Balaban J connectivity index is 2.21. The molecule has 0 aromatic heterocycles. The van der Waals surface area contributed by atoms with Crippen LogP contribution in [0, 0.1) is 16.0 Å². The average molecular weight is 433 g/mol. The summed E-state index contributed by atoms with van der Waals surface area (Å²) < 4.78 is 43.6. The number of alkyl halides is 3. The van der Waals surface area contributed by atoms with Crippen LogP contribution in [-0.2, 0) is 11.0 Å². The van der Waals surface area contributed by atoms with Crippen molar-refractivity contribution >= 4 is 28.9 Å². The van der Waals surface area contributed by atoms with Crippen LogP contribution in [0.1, 0.15) is 18.9 Å². The molecule has 1 atom stereocenters. The molecule has 0 saturated carbocycles. The van der Waals surface area contributed by atoms with Gasteiger partial charge in [0.15, 0.2) is 0 Å². The van der Waals surface area contributed by atoms with E-state index in [0.717, 1.165) is 18.2 Å². The van der Waals surface area contributed by atoms with Gasteiger partial charge in [0.2, 0.25) is 0 Å². The Bertz CT molecular complexity index is 921. The minimum absolute atomic E-state index is 0.0565. The molecule has 29 heavy (non-hydrogen) atoms. The van der Waals surface area contributed by atoms with E-state index in [4.69, 9.17) is 21.4 Å². The number of nitro benzene ring substituents is 1. The fourth-order valence-electron chi connectivity index (χ4n) is 2.31. The first-order chi connectivity index (χ1) is 13.5. The van der Waals surface area contributed by atoms with Crippen molar-refractivity contribution in [3.63, 3.8) is 0 Å². The van der Waals surface area contributed by atoms with Crippen molar-refractivity contribution in [2.75, 3.05) is 11.9 Å². The molecule has 2 N–H and O–H groups in total. The third kappa shape index (κ3) is 5.98. The smallest absolute Gasteiger partial charge is 0.416 e. The Morgan fingerprint density at radius 2 is 2.00 bits per heavy atom. The summed E-state index contributed by atoms with van der Waals surface area (Å²) >= 11 is 5.85. The molecule has 1 unspecified atom stereocenters. The molecule has 0 heterocycles. The van der Waals surface area contributed by atoms with E-state index >= 15 is 0 Å². The largest absolute Gasteiger partial charge is 0.481 e. The lowest BCUT2D eigenvalue weighted by atomic mass is 10.1. The molecule has 0 aliphatic carbocycles. The van der Waals surface area contributed by atoms with Crippen LogP contribution in [0.4, 0.5) is 24.5 Å². The second-order valence-corrected chi connectivity index (χ2v) is 6.54. The van der Waals surface area contributed by atoms with Crippen molar-refractivity contribution in [3.8, 4) is 11.5 Å². The van der Waals surface area contributed by atoms with Gasteiger partial charge >= 0.3 is 12.1 Å². The number of carbonyl (C=O) groups is 1. The number of nitrogens with one attached hydrogen (secondary N) is 1. The third-order valence-electron chi connectivity index (χ3n) is 3.97. The summed E-state index contributed by atoms with van der Waals surface area (Å²) in [4.78, 5) is 21.4. The van der Waals surface area contributed by atoms with E-state index in [1.807, 2.05) is 0 Å². The van der Waals surface area contributed by atoms with E-state index < -0.39 is 28.6 Å². The number of anilines is 1. The first-order valence-electron chi connectivity index (χ1n) is 8.28. The number of rotatable bonds is 8. The topological polar surface area (TPSA) is 102 Å². The van der Waals surface area contributed by atoms with Gasteiger partial charge in [-0.3, -0.25) is 14.9 Å². The normalized spacial score (nSPS) is 12.3. The van der Waals surface area contributed by atoms with E-state index in [2.05, 4.69) is 5.32 Å². The predicted molar refractivity (Wildman–Crippen MR) is 99.5 cm³/mol. The quantitative estimate of drug-likeness (QED) is 0.417. The molecule has 0 spiro atoms. The van der Waals surface area contributed by atoms with E-state index in [0.29, 0.717) is 6.07 Å². The monoisotopic (exact) mass is 432 g/mol. The molecule has 0 aliphatic heterocycles. The van der Waals surface area contributed by atoms with Gasteiger partial charge in [-0.15, -0.1) is 0 Å². The summed E-state index contributed by atoms with van der Waals surface area (Å²) in [5.74, 6) is -1.59. The standard InChI is InChI=1S/C18H16ClF3N2O5/c1-10(17(25)26)6-7-23-14-9-12(3-4-15(14)24(27)28)29-16-5-2-11(8-13(16)19)18(20,21)22/h2-5,8-10,23H,6-7H2,1H3,(H,25,26). The fourth-order valence-corrected chi connectivity index (χ4v) is 2.53. The minimum atomic E-state index is -4.56. The number of benzene rings is 2. The zero-order valence-electron chi connectivity index (χ0n) is 15.0. The molecular formula is C18H16ClF3N2O5. The molecule has 2 aromatic rings. The van der Waals surface area contributed by atoms with Gasteiger partial charge < -0.3 is 15.2 Å². The van der Waals surface area contributed by atoms with E-state index in [-0.39, 0.29) is 40.9 Å². The summed E-state index contributed by atoms with van der Waals surface area (Å²) in [6.07, 6.45) is -4.33. The number of nitro groups is 1. The minimum Gasteiger partial charge on any atom is -0.481 e. The predicted octanol–water partition coefficient (Wildman–Crippen LogP) is 5.58. The summed E-state index contributed by atoms with van der Waals surface area (Å²) in [7, 11) is 0. The number of ether oxygens (including phenoxy) is 1. The molecule has 0 fully saturated rings. The average Bonchev–Trinajstić information content (AvgIpc) is 2.62. The summed E-state index contributed by atoms with van der Waals surface area (Å²) in [5.41, 5.74) is -1.12. The molecule has 11 heteroatoms. The highest BCUT2D eigenvalue weighted by Crippen LogP contribution is 2.38. The highest BCUT2D eigenvalue weighted by Gasteiger charge is 2.31. The fraction of sp³-hybridized carbons (Fsp3) is 0.278. The Labute approximate surface area is 168 Å². The van der Waals surface area contributed by atoms with E-state index in [9.17, 15) is 28.1 Å². The van der Waals surface area contributed by atoms with Gasteiger partial charge in [-0.05, 0) is 30.7 Å². The maximum absolute atomic E-state index is 12.7. The van der Waals surface area contributed by atoms with E-state index in [1.54, 1.807) is 0 Å². The first-order valence-corrected chi connectivity index (χ1v) is 8.66. The molecule has 0 bridgehead atoms. The third-order valence-corrected chi connectivity index (χ3v) is 4.26. The van der Waals surface area contributed by atoms with Crippen molar-refractivity contribution < 1.29 is 32.7 Å². The Morgan fingerprint density at radius 1 is 1.31 bits per heavy atom. The van der Waals surface area contributed by atoms with Crippen LogP contribution >= 0.6 is 11.6 Å². The maximum Gasteiger partial charge on any atom is 0.416 e. The Hall–Kier alpha value is -3.01. The lowest BCUT2D eigenvalue weighted by molar-refractivity contribution is -0.384. The van der Waals surface area contributed by atoms with Gasteiger partial charge in [-0.25, -0.2) is 0 Å². The molecule has 2 rings (SSSR count). The molecule has 0 saturated heterocycles. The SMILES string of the molecule is CC(CCNc1cc(Oc2ccc(C(F)(F)F)cc2Cl)ccc1[N+](=O)[O-])C(=O)O. The number of carboxylic acids is 1. The Morgan fingerprint density at radius 3 is 2.55 bits per heavy atom. The molecule has 156 valence electrons. The van der Waals surface area contributed by atoms with Crippen LogP contribution in [0.2, 0.25) is 5.02 Å². The summed E-state index contributed by atoms with van der Waals surface area (Å²) in [6, 6.07) is 6.30. The molecule has 0 aliphatic rings. The second kappa shape index (κ2) is 8.99. The number of aliphatic carboxylic acids is 1. The van der Waals surface area contributed by atoms with Crippen LogP contribution in [0.5, 0.6) is 11.5 Å². The molecule has 0 radical (unpaired) electrons. The van der Waals surface area contributed by atoms with Crippen molar-refractivity contribution in [2.24, 2.45) is 5.92 Å². The first kappa shape index (κ1) is 22.3. The number of hydrogen-bond donors (Lipinski definition) is 2. The maximum atomic E-state index is 12.7. The van der Waals surface area contributed by atoms with Gasteiger partial charge in [0.25, 0.3) is 5.69 Å². The summed E-state index contributed by atoms with van der Waals surface area (Å²) in [5, 5.41) is 22.6. The summed E-state index contributed by atoms with van der Waals surface area (Å²) in [6.45, 7) is 1.66. The van der Waals surface area contributed by atoms with E-state index in [1.165, 1.54) is 19.1 Å². The number of nitrogens with zero attached hydrogens (tertiary/aromatic N) is 1. The van der Waals surface area contributed by atoms with Gasteiger partial charge in [-0.1, -0.05) is 18.5 Å². The van der Waals surface area contributed by atoms with Gasteiger partial charge in [0, 0.05) is 18.7 Å². The van der Waals surface area contributed by atoms with Crippen molar-refractivity contribution in [3.05, 3.63) is 57.1 Å². The van der Waals surface area contributed by atoms with Crippen LogP contribution in [-0.4, -0.2) is 22.5 Å². The van der Waals surface area contributed by atoms with Crippen LogP contribution in [0.15, 0.2) is 36.4 Å². The lowest BCUT2D eigenvalue weighted by Crippen LogP contribution is -2.14. The van der Waals surface area contributed by atoms with Crippen LogP contribution in [0.25, 0.3) is 0 Å². The zero-order chi connectivity index (χ0) is 21.8. The molecule has 2 aromatic carbocycles. The van der Waals surface area contributed by atoms with Crippen LogP contribution in [0.3, 0.4) is 0 Å². The second-order valence-electron chi connectivity index (χ2n) is 6.14. The van der Waals surface area contributed by atoms with Gasteiger partial charge in [0.1, 0.15) is 17.2 Å². The highest BCUT2D eigenvalue weighted by molar-refractivity contribution is 6.32. The molecule has 0 amide bonds. The highest BCUT2D eigenvalue weighted by atomic mass is 35.5. The number of hydrogen-bond acceptors (Lipinski definition) is 5. The van der Waals surface area contributed by atoms with Crippen molar-refractivity contribution in [1.82, 2.24) is 0 Å². The number of halogens is 4. The molecule has 7 nitrogen and oxygen atoms in total. The lowest BCUT2D eigenvalue weighted by Gasteiger charge is -2.13. The number of carboxylic acid groups (broad SMARTS) is 1. The zero-order valence-corrected chi connectivity index (χ0v) is 15.8. The van der Waals surface area contributed by atoms with Crippen molar-refractivity contribution in [1.29, 1.82) is 0 Å².